The Kier molecular flexibility index (Phi) is 9.38. The molecule has 0 rings (SSSR count). The van der Waals surface area contributed by atoms with Crippen molar-refractivity contribution in [3.8, 4) is 0 Å². The van der Waals surface area contributed by atoms with Crippen LogP contribution in [0.25, 0.3) is 0 Å². The molecule has 90 valence electrons. The zero-order valence-corrected chi connectivity index (χ0v) is 10.4. The zero-order valence-electron chi connectivity index (χ0n) is 10.4. The van der Waals surface area contributed by atoms with Crippen LogP contribution in [0, 0.1) is 0 Å². The number of ether oxygens (including phenoxy) is 1. The fourth-order valence-corrected chi connectivity index (χ4v) is 1.21. The second kappa shape index (κ2) is 10.2. The normalized spacial score (nSPS) is 11.1. The van der Waals surface area contributed by atoms with Crippen LogP contribution in [0.5, 0.6) is 0 Å². The van der Waals surface area contributed by atoms with Crippen molar-refractivity contribution in [2.75, 3.05) is 6.61 Å². The van der Waals surface area contributed by atoms with E-state index in [-0.39, 0.29) is 5.97 Å². The molecule has 16 heavy (non-hydrogen) atoms. The van der Waals surface area contributed by atoms with E-state index in [1.165, 1.54) is 12.5 Å². The van der Waals surface area contributed by atoms with Gasteiger partial charge in [0.2, 0.25) is 0 Å². The van der Waals surface area contributed by atoms with Crippen molar-refractivity contribution >= 4 is 5.97 Å². The van der Waals surface area contributed by atoms with Crippen molar-refractivity contribution in [3.05, 3.63) is 36.5 Å². The molecule has 0 amide bonds. The molecule has 0 radical (unpaired) electrons. The number of esters is 1. The van der Waals surface area contributed by atoms with Gasteiger partial charge in [0.15, 0.2) is 0 Å². The summed E-state index contributed by atoms with van der Waals surface area (Å²) in [6, 6.07) is 0. The second-order valence-corrected chi connectivity index (χ2v) is 3.69. The Bertz CT molecular complexity index is 262. The molecule has 2 heteroatoms. The Labute approximate surface area is 98.7 Å². The number of hydrogen-bond acceptors (Lipinski definition) is 2. The highest BCUT2D eigenvalue weighted by Crippen LogP contribution is 2.10. The summed E-state index contributed by atoms with van der Waals surface area (Å²) in [5.74, 6) is -0.232. The molecule has 0 atom stereocenters. The van der Waals surface area contributed by atoms with E-state index in [1.807, 2.05) is 25.2 Å². The first-order chi connectivity index (χ1) is 7.66. The Hall–Kier alpha value is -1.31. The van der Waals surface area contributed by atoms with Crippen LogP contribution in [-0.2, 0) is 9.53 Å². The average Bonchev–Trinajstić information content (AvgIpc) is 2.24. The molecule has 0 aromatic rings. The number of rotatable bonds is 8. The first-order valence-corrected chi connectivity index (χ1v) is 5.73. The van der Waals surface area contributed by atoms with Crippen molar-refractivity contribution in [2.24, 2.45) is 0 Å². The Morgan fingerprint density at radius 2 is 2.06 bits per heavy atom. The van der Waals surface area contributed by atoms with Crippen molar-refractivity contribution in [2.45, 2.75) is 39.5 Å². The van der Waals surface area contributed by atoms with Crippen LogP contribution < -0.4 is 0 Å². The van der Waals surface area contributed by atoms with E-state index >= 15 is 0 Å². The highest BCUT2D eigenvalue weighted by molar-refractivity contribution is 5.65. The maximum absolute atomic E-state index is 10.4. The van der Waals surface area contributed by atoms with Gasteiger partial charge in [-0.3, -0.25) is 4.79 Å². The molecule has 0 aliphatic carbocycles. The lowest BCUT2D eigenvalue weighted by molar-refractivity contribution is -0.139. The maximum atomic E-state index is 10.4. The van der Waals surface area contributed by atoms with Crippen LogP contribution in [0.15, 0.2) is 36.5 Å². The van der Waals surface area contributed by atoms with Crippen LogP contribution >= 0.6 is 0 Å². The van der Waals surface area contributed by atoms with Gasteiger partial charge in [0.05, 0.1) is 0 Å². The third kappa shape index (κ3) is 10.8. The van der Waals surface area contributed by atoms with Gasteiger partial charge in [-0.15, -0.1) is 0 Å². The lowest BCUT2D eigenvalue weighted by atomic mass is 10.1. The average molecular weight is 222 g/mol. The number of carbonyl (C=O) groups is 1. The standard InChI is InChI=1S/C14H22O2/c1-4-5-10-13(2)11-8-6-7-9-12-16-14(3)15/h4-5,7,9H,2,6,8,10-12H2,1,3H3. The highest BCUT2D eigenvalue weighted by Gasteiger charge is 1.91. The lowest BCUT2D eigenvalue weighted by Gasteiger charge is -2.00. The molecule has 0 saturated carbocycles. The predicted octanol–water partition coefficient (Wildman–Crippen LogP) is 3.80. The van der Waals surface area contributed by atoms with E-state index in [0.717, 1.165) is 25.7 Å². The van der Waals surface area contributed by atoms with Crippen molar-refractivity contribution in [1.82, 2.24) is 0 Å². The van der Waals surface area contributed by atoms with Crippen LogP contribution in [-0.4, -0.2) is 12.6 Å². The molecule has 0 unspecified atom stereocenters. The number of carbonyl (C=O) groups excluding carboxylic acids is 1. The van der Waals surface area contributed by atoms with Crippen LogP contribution in [0.2, 0.25) is 0 Å². The lowest BCUT2D eigenvalue weighted by Crippen LogP contribution is -1.97. The molecule has 0 spiro atoms. The van der Waals surface area contributed by atoms with E-state index in [2.05, 4.69) is 12.7 Å². The van der Waals surface area contributed by atoms with Gasteiger partial charge in [-0.2, -0.15) is 0 Å². The van der Waals surface area contributed by atoms with Gasteiger partial charge in [0.1, 0.15) is 6.61 Å². The molecule has 2 nitrogen and oxygen atoms in total. The third-order valence-corrected chi connectivity index (χ3v) is 2.09. The van der Waals surface area contributed by atoms with Gasteiger partial charge in [0.25, 0.3) is 0 Å². The molecule has 0 heterocycles. The van der Waals surface area contributed by atoms with E-state index in [0.29, 0.717) is 6.61 Å². The first-order valence-electron chi connectivity index (χ1n) is 5.73. The Morgan fingerprint density at radius 1 is 1.31 bits per heavy atom. The van der Waals surface area contributed by atoms with Gasteiger partial charge in [-0.05, 0) is 32.6 Å². The summed E-state index contributed by atoms with van der Waals surface area (Å²) in [6.45, 7) is 7.82. The van der Waals surface area contributed by atoms with E-state index in [4.69, 9.17) is 4.74 Å². The van der Waals surface area contributed by atoms with E-state index < -0.39 is 0 Å². The van der Waals surface area contributed by atoms with Crippen LogP contribution in [0.3, 0.4) is 0 Å². The molecular formula is C14H22O2. The van der Waals surface area contributed by atoms with Crippen LogP contribution in [0.4, 0.5) is 0 Å². The summed E-state index contributed by atoms with van der Waals surface area (Å²) in [5.41, 5.74) is 1.27. The number of unbranched alkanes of at least 4 members (excludes halogenated alkanes) is 1. The van der Waals surface area contributed by atoms with Crippen LogP contribution in [0.1, 0.15) is 39.5 Å². The molecule has 0 bridgehead atoms. The third-order valence-electron chi connectivity index (χ3n) is 2.09. The minimum atomic E-state index is -0.232. The summed E-state index contributed by atoms with van der Waals surface area (Å²) in [5, 5.41) is 0. The number of allylic oxidation sites excluding steroid dienone is 4. The van der Waals surface area contributed by atoms with Crippen molar-refractivity contribution in [3.63, 3.8) is 0 Å². The fraction of sp³-hybridized carbons (Fsp3) is 0.500. The Morgan fingerprint density at radius 3 is 2.69 bits per heavy atom. The molecule has 0 aromatic heterocycles. The monoisotopic (exact) mass is 222 g/mol. The highest BCUT2D eigenvalue weighted by atomic mass is 16.5. The SMILES string of the molecule is C=C(CC=CC)CCCC=CCOC(C)=O. The van der Waals surface area contributed by atoms with Gasteiger partial charge < -0.3 is 4.74 Å². The second-order valence-electron chi connectivity index (χ2n) is 3.69. The largest absolute Gasteiger partial charge is 0.462 e. The summed E-state index contributed by atoms with van der Waals surface area (Å²) in [6.07, 6.45) is 12.3. The smallest absolute Gasteiger partial charge is 0.302 e. The minimum absolute atomic E-state index is 0.232. The van der Waals surface area contributed by atoms with Gasteiger partial charge in [-0.1, -0.05) is 36.5 Å². The first kappa shape index (κ1) is 14.7. The molecule has 0 fully saturated rings. The molecule has 0 aliphatic heterocycles. The van der Waals surface area contributed by atoms with Gasteiger partial charge in [0, 0.05) is 6.92 Å². The molecule has 0 saturated heterocycles. The molecule has 0 aliphatic rings. The predicted molar refractivity (Wildman–Crippen MR) is 68.2 cm³/mol. The molecular weight excluding hydrogens is 200 g/mol. The summed E-state index contributed by atoms with van der Waals surface area (Å²) >= 11 is 0. The van der Waals surface area contributed by atoms with E-state index in [9.17, 15) is 4.79 Å². The molecule has 0 N–H and O–H groups in total. The maximum Gasteiger partial charge on any atom is 0.302 e. The Balaban J connectivity index is 3.38. The topological polar surface area (TPSA) is 26.3 Å². The van der Waals surface area contributed by atoms with Gasteiger partial charge in [-0.25, -0.2) is 0 Å². The quantitative estimate of drug-likeness (QED) is 0.355. The van der Waals surface area contributed by atoms with E-state index in [1.54, 1.807) is 0 Å². The zero-order chi connectivity index (χ0) is 12.2. The van der Waals surface area contributed by atoms with Crippen molar-refractivity contribution in [1.29, 1.82) is 0 Å². The summed E-state index contributed by atoms with van der Waals surface area (Å²) in [4.78, 5) is 10.4. The summed E-state index contributed by atoms with van der Waals surface area (Å²) in [7, 11) is 0. The number of hydrogen-bond donors (Lipinski definition) is 0. The summed E-state index contributed by atoms with van der Waals surface area (Å²) < 4.78 is 4.77. The van der Waals surface area contributed by atoms with Crippen molar-refractivity contribution < 1.29 is 9.53 Å². The fourth-order valence-electron chi connectivity index (χ4n) is 1.21. The molecule has 0 aromatic carbocycles. The van der Waals surface area contributed by atoms with Gasteiger partial charge >= 0.3 is 5.97 Å². The minimum Gasteiger partial charge on any atom is -0.462 e.